The molecule has 4 heteroatoms. The fourth-order valence-corrected chi connectivity index (χ4v) is 9.12. The van der Waals surface area contributed by atoms with Crippen molar-refractivity contribution in [3.05, 3.63) is 139 Å². The molecule has 251 valence electrons. The molecule has 0 unspecified atom stereocenters. The van der Waals surface area contributed by atoms with Crippen LogP contribution in [0.4, 0.5) is 0 Å². The Labute approximate surface area is 314 Å². The Morgan fingerprint density at radius 2 is 1.22 bits per heavy atom. The van der Waals surface area contributed by atoms with E-state index in [1.807, 2.05) is 76.4 Å². The first-order valence-corrected chi connectivity index (χ1v) is 24.1. The standard InChI is InChI=1S/C27H22N.C18H24GeN.Ir/c1-18(2)15-19-13-14-28-27(16-19)20-11-12-25-23-9-4-3-7-21(23)22-8-5-6-10-24(22)26(25)17-20;1-14(2)11-16-12-18(15-9-7-6-8-10-15)20-13-17(16)19(3,4)5;/h3-10,12-14,16-18H,15H2,1-2H3;6-9,12-14H,11H2,1-5H3;/q2*-1;/i15D2;11D2;. The molecule has 0 amide bonds. The minimum absolute atomic E-state index is 0. The predicted molar refractivity (Wildman–Crippen MR) is 210 cm³/mol. The van der Waals surface area contributed by atoms with Crippen LogP contribution in [0, 0.1) is 24.0 Å². The molecule has 5 aromatic carbocycles. The van der Waals surface area contributed by atoms with Gasteiger partial charge in [-0.1, -0.05) is 90.2 Å². The number of benzene rings is 5. The molecule has 0 aliphatic heterocycles. The van der Waals surface area contributed by atoms with Crippen LogP contribution in [0.1, 0.15) is 44.3 Å². The van der Waals surface area contributed by atoms with Crippen LogP contribution in [-0.2, 0) is 32.9 Å². The summed E-state index contributed by atoms with van der Waals surface area (Å²) in [4.78, 5) is 9.13. The molecule has 49 heavy (non-hydrogen) atoms. The third-order valence-corrected chi connectivity index (χ3v) is 12.5. The zero-order valence-corrected chi connectivity index (χ0v) is 33.8. The minimum Gasteiger partial charge on any atom is -0.305 e. The van der Waals surface area contributed by atoms with E-state index >= 15 is 0 Å². The summed E-state index contributed by atoms with van der Waals surface area (Å²) in [6.07, 6.45) is 0.852. The molecule has 7 rings (SSSR count). The number of aromatic nitrogens is 2. The van der Waals surface area contributed by atoms with Crippen LogP contribution in [0.15, 0.2) is 116 Å². The van der Waals surface area contributed by atoms with Crippen molar-refractivity contribution in [2.45, 2.75) is 57.7 Å². The molecule has 0 saturated carbocycles. The van der Waals surface area contributed by atoms with Crippen LogP contribution >= 0.6 is 0 Å². The van der Waals surface area contributed by atoms with Gasteiger partial charge in [-0.15, -0.1) is 23.8 Å². The average Bonchev–Trinajstić information content (AvgIpc) is 3.14. The van der Waals surface area contributed by atoms with Crippen molar-refractivity contribution < 1.29 is 25.6 Å². The Morgan fingerprint density at radius 1 is 0.633 bits per heavy atom. The van der Waals surface area contributed by atoms with Crippen molar-refractivity contribution in [1.82, 2.24) is 9.97 Å². The van der Waals surface area contributed by atoms with Crippen LogP contribution in [0.2, 0.25) is 17.3 Å². The number of hydrogen-bond acceptors (Lipinski definition) is 2. The summed E-state index contributed by atoms with van der Waals surface area (Å²) in [6.45, 7) is 7.68. The van der Waals surface area contributed by atoms with E-state index in [0.717, 1.165) is 37.9 Å². The van der Waals surface area contributed by atoms with Crippen molar-refractivity contribution in [1.29, 1.82) is 0 Å². The SMILES string of the molecule is [2H]C([2H])(c1cc(-c2[c-]cccc2)nc[c]1[Ge]([CH3])([CH3])[CH3])C(C)C.[2H]C([2H])(c1ccnc(-c2[c-]cc3c4ccccc4c4ccccc4c3c2)c1)C(C)C.[Ir]. The van der Waals surface area contributed by atoms with Crippen molar-refractivity contribution in [2.75, 3.05) is 0 Å². The van der Waals surface area contributed by atoms with E-state index in [-0.39, 0.29) is 31.9 Å². The van der Waals surface area contributed by atoms with E-state index in [1.165, 1.54) is 26.9 Å². The Morgan fingerprint density at radius 3 is 1.82 bits per heavy atom. The normalized spacial score (nSPS) is 13.3. The van der Waals surface area contributed by atoms with E-state index in [9.17, 15) is 0 Å². The number of pyridine rings is 2. The smallest absolute Gasteiger partial charge is 0.0318 e. The van der Waals surface area contributed by atoms with E-state index in [4.69, 9.17) is 5.48 Å². The first kappa shape index (κ1) is 31.4. The summed E-state index contributed by atoms with van der Waals surface area (Å²) in [5, 5.41) is 7.23. The molecule has 2 aromatic heterocycles. The van der Waals surface area contributed by atoms with Crippen LogP contribution in [0.3, 0.4) is 0 Å². The van der Waals surface area contributed by atoms with E-state index < -0.39 is 26.0 Å². The molecule has 2 heterocycles. The van der Waals surface area contributed by atoms with Crippen LogP contribution in [0.25, 0.3) is 54.8 Å². The van der Waals surface area contributed by atoms with Gasteiger partial charge >= 0.3 is 128 Å². The molecule has 0 spiro atoms. The second-order valence-corrected chi connectivity index (χ2v) is 24.5. The Hall–Kier alpha value is -3.63. The fraction of sp³-hybridized carbons (Fsp3) is 0.244. The average molecular weight is 884 g/mol. The molecule has 0 saturated heterocycles. The van der Waals surface area contributed by atoms with Crippen molar-refractivity contribution in [3.8, 4) is 22.5 Å². The molecule has 7 aromatic rings. The molecule has 0 bridgehead atoms. The fourth-order valence-electron chi connectivity index (χ4n) is 6.18. The van der Waals surface area contributed by atoms with Gasteiger partial charge in [0.05, 0.1) is 0 Å². The molecule has 0 fully saturated rings. The summed E-state index contributed by atoms with van der Waals surface area (Å²) in [6, 6.07) is 41.0. The molecular formula is C45H46GeIrN2-2. The monoisotopic (exact) mass is 885 g/mol. The number of rotatable bonds is 7. The van der Waals surface area contributed by atoms with Gasteiger partial charge in [0.25, 0.3) is 0 Å². The summed E-state index contributed by atoms with van der Waals surface area (Å²) >= 11 is -2.20. The maximum Gasteiger partial charge on any atom is 0.0318 e. The molecule has 0 aliphatic rings. The molecular weight excluding hydrogens is 833 g/mol. The second kappa shape index (κ2) is 15.9. The first-order chi connectivity index (χ1) is 24.6. The maximum absolute atomic E-state index is 8.56. The minimum atomic E-state index is -2.20. The van der Waals surface area contributed by atoms with Gasteiger partial charge < -0.3 is 4.98 Å². The summed E-state index contributed by atoms with van der Waals surface area (Å²) in [5.41, 5.74) is 4.81. The Balaban J connectivity index is 0.000000211. The van der Waals surface area contributed by atoms with Gasteiger partial charge in [0.1, 0.15) is 0 Å². The summed E-state index contributed by atoms with van der Waals surface area (Å²) < 4.78 is 35.2. The van der Waals surface area contributed by atoms with Gasteiger partial charge in [-0.25, -0.2) is 0 Å². The van der Waals surface area contributed by atoms with E-state index in [2.05, 4.69) is 94.0 Å². The van der Waals surface area contributed by atoms with Gasteiger partial charge in [0.2, 0.25) is 0 Å². The second-order valence-electron chi connectivity index (χ2n) is 13.9. The van der Waals surface area contributed by atoms with Crippen molar-refractivity contribution >= 4 is 50.0 Å². The third-order valence-electron chi connectivity index (χ3n) is 8.31. The van der Waals surface area contributed by atoms with Crippen LogP contribution in [0.5, 0.6) is 0 Å². The first-order valence-electron chi connectivity index (χ1n) is 18.8. The van der Waals surface area contributed by atoms with Gasteiger partial charge in [-0.3, -0.25) is 0 Å². The van der Waals surface area contributed by atoms with Crippen molar-refractivity contribution in [2.24, 2.45) is 11.8 Å². The number of fused-ring (bicyclic) bond motifs is 6. The molecule has 0 N–H and O–H groups in total. The Kier molecular flexibility index (Phi) is 10.2. The molecule has 2 nitrogen and oxygen atoms in total. The van der Waals surface area contributed by atoms with Crippen molar-refractivity contribution in [3.63, 3.8) is 0 Å². The van der Waals surface area contributed by atoms with Crippen LogP contribution < -0.4 is 4.40 Å². The zero-order chi connectivity index (χ0) is 37.4. The number of nitrogens with zero attached hydrogens (tertiary/aromatic N) is 2. The zero-order valence-electron chi connectivity index (χ0n) is 33.4. The van der Waals surface area contributed by atoms with Gasteiger partial charge in [-0.05, 0) is 40.2 Å². The molecule has 0 atom stereocenters. The quantitative estimate of drug-likeness (QED) is 0.0905. The van der Waals surface area contributed by atoms with E-state index in [0.29, 0.717) is 5.56 Å². The van der Waals surface area contributed by atoms with Gasteiger partial charge in [0.15, 0.2) is 0 Å². The topological polar surface area (TPSA) is 25.8 Å². The maximum atomic E-state index is 8.56. The third kappa shape index (κ3) is 8.58. The summed E-state index contributed by atoms with van der Waals surface area (Å²) in [7, 11) is 0. The van der Waals surface area contributed by atoms with Gasteiger partial charge in [0, 0.05) is 29.0 Å². The molecule has 0 aliphatic carbocycles. The number of hydrogen-bond donors (Lipinski definition) is 0. The predicted octanol–water partition coefficient (Wildman–Crippen LogP) is 11.5. The van der Waals surface area contributed by atoms with E-state index in [1.54, 1.807) is 12.3 Å². The summed E-state index contributed by atoms with van der Waals surface area (Å²) in [5.74, 6) is 6.65. The van der Waals surface area contributed by atoms with Gasteiger partial charge in [-0.2, -0.15) is 0 Å². The largest absolute Gasteiger partial charge is 0.305 e. The van der Waals surface area contributed by atoms with Crippen LogP contribution in [-0.4, -0.2) is 23.2 Å². The Bertz CT molecular complexity index is 2330. The molecule has 1 radical (unpaired) electrons.